The molecule has 0 radical (unpaired) electrons. The first-order valence-electron chi connectivity index (χ1n) is 1.55. The van der Waals surface area contributed by atoms with Gasteiger partial charge < -0.3 is 0 Å². The van der Waals surface area contributed by atoms with Crippen molar-refractivity contribution >= 4 is 19.3 Å². The summed E-state index contributed by atoms with van der Waals surface area (Å²) in [6, 6.07) is 0. The van der Waals surface area contributed by atoms with Crippen molar-refractivity contribution in [2.24, 2.45) is 0 Å². The van der Waals surface area contributed by atoms with Crippen molar-refractivity contribution in [2.45, 2.75) is 0 Å². The standard InChI is InChI=1S/CHN4PS/c7-6-5-1-2-3-4-5/h1H/p+1. The Morgan fingerprint density at radius 1 is 1.86 bits per heavy atom. The van der Waals surface area contributed by atoms with Crippen LogP contribution in [-0.2, 0) is 11.8 Å². The molecule has 1 rings (SSSR count). The van der Waals surface area contributed by atoms with Gasteiger partial charge in [-0.3, -0.25) is 0 Å². The lowest BCUT2D eigenvalue weighted by atomic mass is 11.4. The fraction of sp³-hybridized carbons (Fsp3) is 0. The van der Waals surface area contributed by atoms with Gasteiger partial charge in [0.25, 0.3) is 6.33 Å². The lowest BCUT2D eigenvalue weighted by Crippen LogP contribution is -2.20. The van der Waals surface area contributed by atoms with Crippen LogP contribution in [0, 0.1) is 0 Å². The highest BCUT2D eigenvalue weighted by molar-refractivity contribution is 7.93. The quantitative estimate of drug-likeness (QED) is 0.513. The maximum absolute atomic E-state index is 4.60. The van der Waals surface area contributed by atoms with Crippen LogP contribution in [0.2, 0.25) is 0 Å². The van der Waals surface area contributed by atoms with E-state index < -0.39 is 0 Å². The Morgan fingerprint density at radius 2 is 2.71 bits per heavy atom. The van der Waals surface area contributed by atoms with Crippen LogP contribution in [0.15, 0.2) is 6.33 Å². The number of hydrogen-bond acceptors (Lipinski definition) is 3. The van der Waals surface area contributed by atoms with E-state index in [-0.39, 0.29) is 0 Å². The first-order chi connectivity index (χ1) is 3.43. The minimum absolute atomic E-state index is 0.684. The normalized spacial score (nSPS) is 9.71. The van der Waals surface area contributed by atoms with Crippen molar-refractivity contribution in [3.05, 3.63) is 6.33 Å². The summed E-state index contributed by atoms with van der Waals surface area (Å²) in [6.45, 7) is 0. The first-order valence-corrected chi connectivity index (χ1v) is 3.41. The molecule has 0 saturated heterocycles. The number of H-pyrrole nitrogens is 1. The van der Waals surface area contributed by atoms with E-state index in [0.29, 0.717) is 7.51 Å². The molecule has 0 bridgehead atoms. The van der Waals surface area contributed by atoms with Crippen LogP contribution < -0.4 is 4.45 Å². The second-order valence-corrected chi connectivity index (χ2v) is 1.94. The SMILES string of the molecule is S=P[n+]1cnn[nH]1. The van der Waals surface area contributed by atoms with Gasteiger partial charge in [0.05, 0.1) is 0 Å². The molecule has 0 aliphatic rings. The molecule has 0 aliphatic carbocycles. The highest BCUT2D eigenvalue weighted by Gasteiger charge is 1.89. The van der Waals surface area contributed by atoms with E-state index in [0.717, 1.165) is 0 Å². The van der Waals surface area contributed by atoms with Gasteiger partial charge in [-0.2, -0.15) is 0 Å². The van der Waals surface area contributed by atoms with Gasteiger partial charge in [-0.25, -0.2) is 0 Å². The summed E-state index contributed by atoms with van der Waals surface area (Å²) in [7, 11) is 0.684. The third-order valence-electron chi connectivity index (χ3n) is 0.454. The van der Waals surface area contributed by atoms with Crippen molar-refractivity contribution in [1.29, 1.82) is 0 Å². The molecule has 6 heteroatoms. The fourth-order valence-electron chi connectivity index (χ4n) is 0.212. The van der Waals surface area contributed by atoms with Crippen LogP contribution in [0.25, 0.3) is 0 Å². The van der Waals surface area contributed by atoms with Gasteiger partial charge in [0.15, 0.2) is 5.21 Å². The molecule has 0 aliphatic heterocycles. The third kappa shape index (κ3) is 0.976. The van der Waals surface area contributed by atoms with Gasteiger partial charge in [-0.1, -0.05) is 5.21 Å². The summed E-state index contributed by atoms with van der Waals surface area (Å²) in [5.74, 6) is 0. The van der Waals surface area contributed by atoms with Crippen molar-refractivity contribution in [1.82, 2.24) is 15.5 Å². The predicted molar refractivity (Wildman–Crippen MR) is 26.3 cm³/mol. The zero-order valence-corrected chi connectivity index (χ0v) is 4.99. The molecule has 0 atom stereocenters. The topological polar surface area (TPSA) is 45.5 Å². The van der Waals surface area contributed by atoms with E-state index in [1.807, 2.05) is 0 Å². The van der Waals surface area contributed by atoms with Gasteiger partial charge in [-0.15, -0.1) is 4.45 Å². The molecule has 0 saturated carbocycles. The fourth-order valence-corrected chi connectivity index (χ4v) is 0.612. The second-order valence-electron chi connectivity index (χ2n) is 0.857. The van der Waals surface area contributed by atoms with Crippen LogP contribution in [0.1, 0.15) is 0 Å². The minimum Gasteiger partial charge on any atom is -0.101 e. The molecule has 0 aromatic carbocycles. The molecule has 1 aromatic heterocycles. The van der Waals surface area contributed by atoms with Crippen LogP contribution in [0.3, 0.4) is 0 Å². The monoisotopic (exact) mass is 133 g/mol. The molecular formula is CH2N4PS+. The largest absolute Gasteiger partial charge is 0.297 e. The highest BCUT2D eigenvalue weighted by Crippen LogP contribution is 1.72. The molecule has 1 heterocycles. The third-order valence-corrected chi connectivity index (χ3v) is 1.35. The summed E-state index contributed by atoms with van der Waals surface area (Å²) in [6.07, 6.45) is 1.52. The Labute approximate surface area is 46.4 Å². The summed E-state index contributed by atoms with van der Waals surface area (Å²) in [4.78, 5) is 0. The van der Waals surface area contributed by atoms with Crippen LogP contribution in [0.5, 0.6) is 0 Å². The Kier molecular flexibility index (Phi) is 1.38. The number of nitrogens with zero attached hydrogens (tertiary/aromatic N) is 3. The average Bonchev–Trinajstić information content (AvgIpc) is 2.14. The summed E-state index contributed by atoms with van der Waals surface area (Å²) in [5.41, 5.74) is 0. The molecule has 0 amide bonds. The summed E-state index contributed by atoms with van der Waals surface area (Å²) in [5, 5.41) is 9.41. The Bertz CT molecular complexity index is 147. The number of aromatic amines is 1. The van der Waals surface area contributed by atoms with E-state index in [9.17, 15) is 0 Å². The predicted octanol–water partition coefficient (Wildman–Crippen LogP) is -0.737. The van der Waals surface area contributed by atoms with E-state index in [1.54, 1.807) is 4.45 Å². The second kappa shape index (κ2) is 2.04. The summed E-state index contributed by atoms with van der Waals surface area (Å²) < 4.78 is 1.56. The van der Waals surface area contributed by atoms with Gasteiger partial charge in [0.1, 0.15) is 5.10 Å². The van der Waals surface area contributed by atoms with Crippen LogP contribution in [-0.4, -0.2) is 15.5 Å². The van der Waals surface area contributed by atoms with Gasteiger partial charge in [-0.05, 0) is 11.8 Å². The van der Waals surface area contributed by atoms with Gasteiger partial charge in [0, 0.05) is 0 Å². The zero-order valence-electron chi connectivity index (χ0n) is 3.27. The van der Waals surface area contributed by atoms with Crippen molar-refractivity contribution < 1.29 is 4.45 Å². The van der Waals surface area contributed by atoms with E-state index in [2.05, 4.69) is 27.3 Å². The first kappa shape index (κ1) is 4.74. The van der Waals surface area contributed by atoms with E-state index in [1.165, 1.54) is 6.33 Å². The molecule has 1 aromatic rings. The number of rotatable bonds is 1. The smallest absolute Gasteiger partial charge is 0.101 e. The number of hydrogen-bond donors (Lipinski definition) is 1. The lowest BCUT2D eigenvalue weighted by molar-refractivity contribution is -0.571. The molecule has 0 spiro atoms. The maximum atomic E-state index is 4.60. The zero-order chi connectivity index (χ0) is 5.11. The highest BCUT2D eigenvalue weighted by atomic mass is 32.4. The Morgan fingerprint density at radius 3 is 3.00 bits per heavy atom. The van der Waals surface area contributed by atoms with Crippen molar-refractivity contribution in [3.63, 3.8) is 0 Å². The lowest BCUT2D eigenvalue weighted by Gasteiger charge is -1.65. The Balaban J connectivity index is 2.96. The molecular weight excluding hydrogens is 131 g/mol. The van der Waals surface area contributed by atoms with Crippen molar-refractivity contribution in [2.75, 3.05) is 0 Å². The molecule has 4 nitrogen and oxygen atoms in total. The molecule has 36 valence electrons. The molecule has 7 heavy (non-hydrogen) atoms. The van der Waals surface area contributed by atoms with Gasteiger partial charge in [0.2, 0.25) is 7.51 Å². The Hall–Kier alpha value is -0.410. The molecule has 1 N–H and O–H groups in total. The van der Waals surface area contributed by atoms with E-state index in [4.69, 9.17) is 0 Å². The minimum atomic E-state index is 0.684. The van der Waals surface area contributed by atoms with Crippen LogP contribution >= 0.6 is 7.51 Å². The number of aromatic nitrogens is 4. The number of nitrogens with one attached hydrogen (secondary N) is 1. The maximum Gasteiger partial charge on any atom is 0.297 e. The summed E-state index contributed by atoms with van der Waals surface area (Å²) >= 11 is 4.60. The molecule has 0 fully saturated rings. The van der Waals surface area contributed by atoms with E-state index >= 15 is 0 Å². The van der Waals surface area contributed by atoms with Gasteiger partial charge >= 0.3 is 0 Å². The number of tetrazole rings is 1. The molecule has 0 unspecified atom stereocenters. The van der Waals surface area contributed by atoms with Crippen molar-refractivity contribution in [3.8, 4) is 0 Å². The average molecular weight is 133 g/mol. The van der Waals surface area contributed by atoms with Crippen LogP contribution in [0.4, 0.5) is 0 Å².